The number of nitrogens with zero attached hydrogens (tertiary/aromatic N) is 3. The zero-order valence-corrected chi connectivity index (χ0v) is 12.7. The van der Waals surface area contributed by atoms with Crippen molar-refractivity contribution in [1.29, 1.82) is 5.26 Å². The summed E-state index contributed by atoms with van der Waals surface area (Å²) in [5, 5.41) is 18.0. The van der Waals surface area contributed by atoms with Crippen LogP contribution in [-0.4, -0.2) is 53.1 Å². The first-order valence-electron chi connectivity index (χ1n) is 7.14. The molecule has 1 fully saturated rings. The fourth-order valence-corrected chi connectivity index (χ4v) is 2.38. The Kier molecular flexibility index (Phi) is 4.36. The van der Waals surface area contributed by atoms with E-state index in [1.54, 1.807) is 29.2 Å². The Bertz CT molecular complexity index is 609. The van der Waals surface area contributed by atoms with Crippen LogP contribution in [0, 0.1) is 11.3 Å². The summed E-state index contributed by atoms with van der Waals surface area (Å²) in [7, 11) is 0. The summed E-state index contributed by atoms with van der Waals surface area (Å²) in [5.41, 5.74) is 0.831. The van der Waals surface area contributed by atoms with Gasteiger partial charge in [-0.15, -0.1) is 0 Å². The topological polar surface area (TPSA) is 84.6 Å². The van der Waals surface area contributed by atoms with Crippen molar-refractivity contribution in [2.75, 3.05) is 26.2 Å². The molecule has 0 unspecified atom stereocenters. The maximum Gasteiger partial charge on any atom is 0.407 e. The highest BCUT2D eigenvalue weighted by molar-refractivity contribution is 5.94. The fraction of sp³-hybridized carbons (Fsp3) is 0.438. The lowest BCUT2D eigenvalue weighted by molar-refractivity contribution is 0.0625. The number of carboxylic acid groups (broad SMARTS) is 1. The van der Waals surface area contributed by atoms with Crippen molar-refractivity contribution in [3.63, 3.8) is 0 Å². The summed E-state index contributed by atoms with van der Waals surface area (Å²) in [4.78, 5) is 26.2. The predicted molar refractivity (Wildman–Crippen MR) is 80.6 cm³/mol. The number of piperazine rings is 1. The van der Waals surface area contributed by atoms with Crippen LogP contribution in [0.25, 0.3) is 0 Å². The van der Waals surface area contributed by atoms with Gasteiger partial charge in [-0.1, -0.05) is 12.1 Å². The van der Waals surface area contributed by atoms with E-state index in [9.17, 15) is 9.59 Å². The quantitative estimate of drug-likeness (QED) is 0.904. The molecule has 1 saturated heterocycles. The van der Waals surface area contributed by atoms with E-state index in [0.29, 0.717) is 31.7 Å². The monoisotopic (exact) mass is 301 g/mol. The molecule has 22 heavy (non-hydrogen) atoms. The number of hydrogen-bond acceptors (Lipinski definition) is 3. The Morgan fingerprint density at radius 2 is 1.59 bits per heavy atom. The molecule has 1 aromatic rings. The third-order valence-electron chi connectivity index (χ3n) is 3.97. The van der Waals surface area contributed by atoms with Crippen molar-refractivity contribution in [3.05, 3.63) is 35.4 Å². The molecule has 6 heteroatoms. The van der Waals surface area contributed by atoms with Crippen molar-refractivity contribution in [3.8, 4) is 6.07 Å². The van der Waals surface area contributed by atoms with Gasteiger partial charge in [-0.3, -0.25) is 4.79 Å². The average molecular weight is 301 g/mol. The van der Waals surface area contributed by atoms with Gasteiger partial charge in [-0.05, 0) is 31.5 Å². The van der Waals surface area contributed by atoms with E-state index < -0.39 is 11.5 Å². The molecular formula is C16H19N3O3. The minimum atomic E-state index is -0.949. The van der Waals surface area contributed by atoms with E-state index in [-0.39, 0.29) is 5.91 Å². The number of rotatable bonds is 2. The van der Waals surface area contributed by atoms with Gasteiger partial charge in [0, 0.05) is 31.7 Å². The fourth-order valence-electron chi connectivity index (χ4n) is 2.38. The van der Waals surface area contributed by atoms with Crippen molar-refractivity contribution < 1.29 is 14.7 Å². The normalized spacial score (nSPS) is 15.3. The molecule has 2 amide bonds. The van der Waals surface area contributed by atoms with Gasteiger partial charge in [0.15, 0.2) is 0 Å². The highest BCUT2D eigenvalue weighted by Crippen LogP contribution is 2.22. The Morgan fingerprint density at radius 1 is 1.09 bits per heavy atom. The van der Waals surface area contributed by atoms with Gasteiger partial charge in [0.2, 0.25) is 0 Å². The van der Waals surface area contributed by atoms with Gasteiger partial charge in [-0.25, -0.2) is 4.79 Å². The summed E-state index contributed by atoms with van der Waals surface area (Å²) < 4.78 is 0. The van der Waals surface area contributed by atoms with E-state index in [1.807, 2.05) is 13.8 Å². The van der Waals surface area contributed by atoms with Crippen molar-refractivity contribution >= 4 is 12.0 Å². The second-order valence-electron chi connectivity index (χ2n) is 5.88. The zero-order chi connectivity index (χ0) is 16.3. The van der Waals surface area contributed by atoms with Gasteiger partial charge in [0.1, 0.15) is 0 Å². The molecule has 0 atom stereocenters. The van der Waals surface area contributed by atoms with E-state index in [4.69, 9.17) is 10.4 Å². The number of nitriles is 1. The summed E-state index contributed by atoms with van der Waals surface area (Å²) in [6.07, 6.45) is -0.949. The second kappa shape index (κ2) is 6.06. The van der Waals surface area contributed by atoms with E-state index in [2.05, 4.69) is 6.07 Å². The second-order valence-corrected chi connectivity index (χ2v) is 5.88. The van der Waals surface area contributed by atoms with Crippen LogP contribution < -0.4 is 0 Å². The van der Waals surface area contributed by atoms with Crippen LogP contribution in [-0.2, 0) is 5.41 Å². The molecule has 1 heterocycles. The lowest BCUT2D eigenvalue weighted by Gasteiger charge is -2.33. The predicted octanol–water partition coefficient (Wildman–Crippen LogP) is 1.92. The summed E-state index contributed by atoms with van der Waals surface area (Å²) in [6.45, 7) is 5.12. The van der Waals surface area contributed by atoms with E-state index in [1.165, 1.54) is 4.90 Å². The summed E-state index contributed by atoms with van der Waals surface area (Å²) in [6, 6.07) is 9.26. The summed E-state index contributed by atoms with van der Waals surface area (Å²) in [5.74, 6) is -0.105. The van der Waals surface area contributed by atoms with Crippen LogP contribution >= 0.6 is 0 Å². The molecule has 1 aromatic carbocycles. The molecule has 0 aromatic heterocycles. The highest BCUT2D eigenvalue weighted by Gasteiger charge is 2.25. The molecule has 0 bridgehead atoms. The minimum absolute atomic E-state index is 0.105. The van der Waals surface area contributed by atoms with E-state index >= 15 is 0 Å². The van der Waals surface area contributed by atoms with Gasteiger partial charge < -0.3 is 14.9 Å². The molecular weight excluding hydrogens is 282 g/mol. The zero-order valence-electron chi connectivity index (χ0n) is 12.7. The molecule has 0 spiro atoms. The van der Waals surface area contributed by atoms with Crippen LogP contribution in [0.5, 0.6) is 0 Å². The number of carbonyl (C=O) groups is 2. The molecule has 0 saturated carbocycles. The van der Waals surface area contributed by atoms with E-state index in [0.717, 1.165) is 5.56 Å². The summed E-state index contributed by atoms with van der Waals surface area (Å²) >= 11 is 0. The lowest BCUT2D eigenvalue weighted by Crippen LogP contribution is -2.50. The van der Waals surface area contributed by atoms with Crippen molar-refractivity contribution in [2.24, 2.45) is 0 Å². The molecule has 0 radical (unpaired) electrons. The molecule has 1 aliphatic heterocycles. The van der Waals surface area contributed by atoms with Crippen LogP contribution in [0.1, 0.15) is 29.8 Å². The lowest BCUT2D eigenvalue weighted by atomic mass is 9.86. The first-order valence-corrected chi connectivity index (χ1v) is 7.14. The third kappa shape index (κ3) is 3.19. The van der Waals surface area contributed by atoms with Crippen LogP contribution in [0.2, 0.25) is 0 Å². The smallest absolute Gasteiger partial charge is 0.407 e. The van der Waals surface area contributed by atoms with Crippen LogP contribution in [0.4, 0.5) is 4.79 Å². The molecule has 2 rings (SSSR count). The first kappa shape index (κ1) is 15.8. The standard InChI is InChI=1S/C16H19N3O3/c1-16(2,11-17)13-5-3-12(4-6-13)14(20)18-7-9-19(10-8-18)15(21)22/h3-6H,7-10H2,1-2H3,(H,21,22). The number of benzene rings is 1. The molecule has 6 nitrogen and oxygen atoms in total. The molecule has 0 aliphatic carbocycles. The van der Waals surface area contributed by atoms with Crippen molar-refractivity contribution in [1.82, 2.24) is 9.80 Å². The Morgan fingerprint density at radius 3 is 2.05 bits per heavy atom. The minimum Gasteiger partial charge on any atom is -0.465 e. The average Bonchev–Trinajstić information content (AvgIpc) is 2.54. The Labute approximate surface area is 129 Å². The van der Waals surface area contributed by atoms with Crippen LogP contribution in [0.15, 0.2) is 24.3 Å². The Balaban J connectivity index is 2.05. The molecule has 1 N–H and O–H groups in total. The number of carbonyl (C=O) groups excluding carboxylic acids is 1. The third-order valence-corrected chi connectivity index (χ3v) is 3.97. The van der Waals surface area contributed by atoms with Gasteiger partial charge >= 0.3 is 6.09 Å². The highest BCUT2D eigenvalue weighted by atomic mass is 16.4. The Hall–Kier alpha value is -2.55. The molecule has 1 aliphatic rings. The van der Waals surface area contributed by atoms with Gasteiger partial charge in [0.05, 0.1) is 11.5 Å². The molecule has 116 valence electrons. The first-order chi connectivity index (χ1) is 10.3. The number of hydrogen-bond donors (Lipinski definition) is 1. The maximum atomic E-state index is 12.4. The maximum absolute atomic E-state index is 12.4. The van der Waals surface area contributed by atoms with Gasteiger partial charge in [0.25, 0.3) is 5.91 Å². The van der Waals surface area contributed by atoms with Gasteiger partial charge in [-0.2, -0.15) is 5.26 Å². The largest absolute Gasteiger partial charge is 0.465 e. The van der Waals surface area contributed by atoms with Crippen LogP contribution in [0.3, 0.4) is 0 Å². The number of amides is 2. The van der Waals surface area contributed by atoms with Crippen molar-refractivity contribution in [2.45, 2.75) is 19.3 Å². The SMILES string of the molecule is CC(C)(C#N)c1ccc(C(=O)N2CCN(C(=O)O)CC2)cc1.